The highest BCUT2D eigenvalue weighted by atomic mass is 16.6. The Hall–Kier alpha value is -1.55. The van der Waals surface area contributed by atoms with Gasteiger partial charge in [-0.25, -0.2) is 0 Å². The van der Waals surface area contributed by atoms with Crippen molar-refractivity contribution < 1.29 is 14.3 Å². The lowest BCUT2D eigenvalue weighted by Gasteiger charge is -2.18. The zero-order valence-corrected chi connectivity index (χ0v) is 10.8. The Labute approximate surface area is 107 Å². The third kappa shape index (κ3) is 2.48. The van der Waals surface area contributed by atoms with Crippen LogP contribution in [0.15, 0.2) is 24.3 Å². The molecule has 4 nitrogen and oxygen atoms in total. The Morgan fingerprint density at radius 3 is 2.50 bits per heavy atom. The summed E-state index contributed by atoms with van der Waals surface area (Å²) in [5.74, 6) is -0.156. The van der Waals surface area contributed by atoms with E-state index in [1.165, 1.54) is 0 Å². The molecule has 1 unspecified atom stereocenters. The molecule has 2 rings (SSSR count). The van der Waals surface area contributed by atoms with Gasteiger partial charge < -0.3 is 15.2 Å². The quantitative estimate of drug-likeness (QED) is 0.639. The summed E-state index contributed by atoms with van der Waals surface area (Å²) in [7, 11) is 1.59. The number of esters is 1. The molecule has 1 fully saturated rings. The van der Waals surface area contributed by atoms with Crippen molar-refractivity contribution in [3.8, 4) is 0 Å². The smallest absolute Gasteiger partial charge is 0.316 e. The van der Waals surface area contributed by atoms with Crippen molar-refractivity contribution >= 4 is 11.7 Å². The Morgan fingerprint density at radius 1 is 1.39 bits per heavy atom. The van der Waals surface area contributed by atoms with Crippen LogP contribution in [0.4, 0.5) is 5.69 Å². The molecule has 1 atom stereocenters. The predicted octanol–water partition coefficient (Wildman–Crippen LogP) is 1.88. The summed E-state index contributed by atoms with van der Waals surface area (Å²) in [4.78, 5) is 12.2. The monoisotopic (exact) mass is 249 g/mol. The van der Waals surface area contributed by atoms with Crippen LogP contribution in [0, 0.1) is 0 Å². The van der Waals surface area contributed by atoms with Crippen LogP contribution in [-0.2, 0) is 19.7 Å². The molecule has 0 heterocycles. The van der Waals surface area contributed by atoms with Gasteiger partial charge in [0.05, 0.1) is 12.0 Å². The lowest BCUT2D eigenvalue weighted by molar-refractivity contribution is -0.153. The SMILES string of the molecule is COCC(C)OC(=O)C1(c2ccc(N)cc2)CC1. The third-order valence-corrected chi connectivity index (χ3v) is 3.31. The molecule has 0 bridgehead atoms. The zero-order chi connectivity index (χ0) is 13.2. The fraction of sp³-hybridized carbons (Fsp3) is 0.500. The highest BCUT2D eigenvalue weighted by molar-refractivity contribution is 5.86. The van der Waals surface area contributed by atoms with E-state index in [9.17, 15) is 4.79 Å². The summed E-state index contributed by atoms with van der Waals surface area (Å²) in [6, 6.07) is 7.46. The molecule has 2 N–H and O–H groups in total. The van der Waals surface area contributed by atoms with Crippen LogP contribution in [0.25, 0.3) is 0 Å². The van der Waals surface area contributed by atoms with Gasteiger partial charge in [0.2, 0.25) is 0 Å². The largest absolute Gasteiger partial charge is 0.460 e. The van der Waals surface area contributed by atoms with E-state index >= 15 is 0 Å². The van der Waals surface area contributed by atoms with Crippen LogP contribution in [0.2, 0.25) is 0 Å². The molecule has 0 spiro atoms. The maximum atomic E-state index is 12.2. The minimum absolute atomic E-state index is 0.156. The first-order valence-corrected chi connectivity index (χ1v) is 6.14. The lowest BCUT2D eigenvalue weighted by atomic mass is 9.96. The normalized spacial score (nSPS) is 18.1. The number of nitrogens with two attached hydrogens (primary N) is 1. The number of benzene rings is 1. The van der Waals surface area contributed by atoms with Crippen LogP contribution in [0.5, 0.6) is 0 Å². The fourth-order valence-electron chi connectivity index (χ4n) is 2.10. The molecule has 98 valence electrons. The fourth-order valence-corrected chi connectivity index (χ4v) is 2.10. The maximum absolute atomic E-state index is 12.2. The van der Waals surface area contributed by atoms with Gasteiger partial charge in [-0.1, -0.05) is 12.1 Å². The van der Waals surface area contributed by atoms with Gasteiger partial charge in [-0.15, -0.1) is 0 Å². The molecule has 0 aliphatic heterocycles. The molecule has 0 saturated heterocycles. The van der Waals surface area contributed by atoms with Crippen LogP contribution in [-0.4, -0.2) is 25.8 Å². The number of nitrogen functional groups attached to an aromatic ring is 1. The van der Waals surface area contributed by atoms with E-state index in [4.69, 9.17) is 15.2 Å². The van der Waals surface area contributed by atoms with Crippen LogP contribution < -0.4 is 5.73 Å². The Bertz CT molecular complexity index is 423. The lowest BCUT2D eigenvalue weighted by Crippen LogP contribution is -2.29. The Morgan fingerprint density at radius 2 is 2.00 bits per heavy atom. The van der Waals surface area contributed by atoms with Gasteiger partial charge in [-0.3, -0.25) is 4.79 Å². The second kappa shape index (κ2) is 4.98. The van der Waals surface area contributed by atoms with Gasteiger partial charge in [-0.2, -0.15) is 0 Å². The van der Waals surface area contributed by atoms with Crippen LogP contribution >= 0.6 is 0 Å². The summed E-state index contributed by atoms with van der Waals surface area (Å²) in [6.07, 6.45) is 1.47. The van der Waals surface area contributed by atoms with Crippen molar-refractivity contribution in [3.63, 3.8) is 0 Å². The highest BCUT2D eigenvalue weighted by Gasteiger charge is 2.53. The van der Waals surface area contributed by atoms with Gasteiger partial charge in [0.25, 0.3) is 0 Å². The van der Waals surface area contributed by atoms with Gasteiger partial charge in [0.1, 0.15) is 6.10 Å². The van der Waals surface area contributed by atoms with Gasteiger partial charge >= 0.3 is 5.97 Å². The average Bonchev–Trinajstić information content (AvgIpc) is 3.11. The van der Waals surface area contributed by atoms with Crippen molar-refractivity contribution in [1.82, 2.24) is 0 Å². The van der Waals surface area contributed by atoms with E-state index in [1.54, 1.807) is 7.11 Å². The number of carbonyl (C=O) groups is 1. The molecule has 1 aromatic rings. The summed E-state index contributed by atoms with van der Waals surface area (Å²) >= 11 is 0. The van der Waals surface area contributed by atoms with Crippen molar-refractivity contribution in [2.24, 2.45) is 0 Å². The van der Waals surface area contributed by atoms with Crippen molar-refractivity contribution in [2.75, 3.05) is 19.5 Å². The second-order valence-corrected chi connectivity index (χ2v) is 4.88. The number of anilines is 1. The Balaban J connectivity index is 2.07. The number of hydrogen-bond donors (Lipinski definition) is 1. The van der Waals surface area contributed by atoms with E-state index in [2.05, 4.69) is 0 Å². The second-order valence-electron chi connectivity index (χ2n) is 4.88. The number of ether oxygens (including phenoxy) is 2. The highest BCUT2D eigenvalue weighted by Crippen LogP contribution is 2.49. The van der Waals surface area contributed by atoms with Crippen molar-refractivity contribution in [1.29, 1.82) is 0 Å². The minimum atomic E-state index is -0.449. The summed E-state index contributed by atoms with van der Waals surface area (Å²) < 4.78 is 10.4. The zero-order valence-electron chi connectivity index (χ0n) is 10.8. The number of rotatable bonds is 5. The molecule has 4 heteroatoms. The summed E-state index contributed by atoms with van der Waals surface area (Å²) in [5.41, 5.74) is 6.90. The van der Waals surface area contributed by atoms with E-state index in [0.29, 0.717) is 12.3 Å². The molecule has 1 aliphatic carbocycles. The first kappa shape index (κ1) is 12.9. The first-order chi connectivity index (χ1) is 8.58. The molecular weight excluding hydrogens is 230 g/mol. The van der Waals surface area contributed by atoms with E-state index in [-0.39, 0.29) is 12.1 Å². The standard InChI is InChI=1S/C14H19NO3/c1-10(9-17-2)18-13(16)14(7-8-14)11-3-5-12(15)6-4-11/h3-6,10H,7-9,15H2,1-2H3. The topological polar surface area (TPSA) is 61.5 Å². The molecule has 0 aromatic heterocycles. The molecule has 1 aliphatic rings. The molecule has 1 saturated carbocycles. The van der Waals surface area contributed by atoms with Crippen LogP contribution in [0.3, 0.4) is 0 Å². The molecule has 18 heavy (non-hydrogen) atoms. The molecule has 1 aromatic carbocycles. The molecule has 0 amide bonds. The average molecular weight is 249 g/mol. The number of hydrogen-bond acceptors (Lipinski definition) is 4. The molecule has 0 radical (unpaired) electrons. The van der Waals surface area contributed by atoms with E-state index in [0.717, 1.165) is 18.4 Å². The minimum Gasteiger partial charge on any atom is -0.460 e. The predicted molar refractivity (Wildman–Crippen MR) is 69.2 cm³/mol. The first-order valence-electron chi connectivity index (χ1n) is 6.14. The summed E-state index contributed by atoms with van der Waals surface area (Å²) in [6.45, 7) is 2.25. The van der Waals surface area contributed by atoms with Crippen molar-refractivity contribution in [2.45, 2.75) is 31.3 Å². The van der Waals surface area contributed by atoms with Gasteiger partial charge in [0.15, 0.2) is 0 Å². The molecular formula is C14H19NO3. The maximum Gasteiger partial charge on any atom is 0.316 e. The third-order valence-electron chi connectivity index (χ3n) is 3.31. The van der Waals surface area contributed by atoms with Gasteiger partial charge in [-0.05, 0) is 37.5 Å². The van der Waals surface area contributed by atoms with Crippen LogP contribution in [0.1, 0.15) is 25.3 Å². The number of methoxy groups -OCH3 is 1. The van der Waals surface area contributed by atoms with E-state index < -0.39 is 5.41 Å². The summed E-state index contributed by atoms with van der Waals surface area (Å²) in [5, 5.41) is 0. The van der Waals surface area contributed by atoms with Crippen molar-refractivity contribution in [3.05, 3.63) is 29.8 Å². The number of carbonyl (C=O) groups excluding carboxylic acids is 1. The van der Waals surface area contributed by atoms with E-state index in [1.807, 2.05) is 31.2 Å². The van der Waals surface area contributed by atoms with Gasteiger partial charge in [0, 0.05) is 12.8 Å². The Kier molecular flexibility index (Phi) is 3.57.